The predicted molar refractivity (Wildman–Crippen MR) is 125 cm³/mol. The molecule has 0 saturated heterocycles. The van der Waals surface area contributed by atoms with Gasteiger partial charge in [-0.2, -0.15) is 0 Å². The molecule has 1 aliphatic rings. The Morgan fingerprint density at radius 2 is 1.28 bits per heavy atom. The zero-order chi connectivity index (χ0) is 22.2. The number of hydrogen-bond acceptors (Lipinski definition) is 3. The van der Waals surface area contributed by atoms with Crippen LogP contribution >= 0.6 is 0 Å². The van der Waals surface area contributed by atoms with Crippen molar-refractivity contribution in [1.82, 2.24) is 4.90 Å². The Labute approximate surface area is 189 Å². The van der Waals surface area contributed by atoms with E-state index in [-0.39, 0.29) is 12.2 Å². The third-order valence-electron chi connectivity index (χ3n) is 6.36. The van der Waals surface area contributed by atoms with Gasteiger partial charge in [0.05, 0.1) is 5.41 Å². The van der Waals surface area contributed by atoms with Gasteiger partial charge in [0.1, 0.15) is 12.4 Å². The molecule has 164 valence electrons. The second-order valence-corrected chi connectivity index (χ2v) is 8.55. The average Bonchev–Trinajstić information content (AvgIpc) is 2.86. The van der Waals surface area contributed by atoms with Crippen molar-refractivity contribution in [1.29, 1.82) is 0 Å². The molecule has 3 aromatic carbocycles. The fraction of sp³-hybridized carbons (Fsp3) is 0.286. The number of carbonyl (C=O) groups is 2. The summed E-state index contributed by atoms with van der Waals surface area (Å²) in [6, 6.07) is 29.9. The van der Waals surface area contributed by atoms with Crippen molar-refractivity contribution in [2.75, 3.05) is 0 Å². The minimum Gasteiger partial charge on any atom is -0.446 e. The van der Waals surface area contributed by atoms with Crippen LogP contribution in [0.4, 0.5) is 4.79 Å². The molecule has 1 aliphatic carbocycles. The first-order valence-corrected chi connectivity index (χ1v) is 11.2. The fourth-order valence-corrected chi connectivity index (χ4v) is 4.48. The van der Waals surface area contributed by atoms with Crippen molar-refractivity contribution >= 4 is 12.4 Å². The van der Waals surface area contributed by atoms with Gasteiger partial charge in [0.2, 0.25) is 0 Å². The van der Waals surface area contributed by atoms with Gasteiger partial charge in [0.25, 0.3) is 0 Å². The number of hydrogen-bond donors (Lipinski definition) is 0. The monoisotopic (exact) mass is 427 g/mol. The third kappa shape index (κ3) is 5.25. The van der Waals surface area contributed by atoms with E-state index in [1.807, 2.05) is 91.0 Å². The molecule has 0 atom stereocenters. The Balaban J connectivity index is 1.42. The minimum atomic E-state index is -0.474. The van der Waals surface area contributed by atoms with Crippen LogP contribution in [0.1, 0.15) is 42.4 Å². The summed E-state index contributed by atoms with van der Waals surface area (Å²) in [4.78, 5) is 26.9. The summed E-state index contributed by atoms with van der Waals surface area (Å²) in [5.74, 6) is 0. The maximum atomic E-state index is 13.2. The number of ether oxygens (including phenoxy) is 1. The molecule has 0 radical (unpaired) electrons. The molecule has 1 amide bonds. The van der Waals surface area contributed by atoms with Crippen molar-refractivity contribution in [2.45, 2.75) is 50.3 Å². The van der Waals surface area contributed by atoms with E-state index in [0.717, 1.165) is 23.0 Å². The van der Waals surface area contributed by atoms with E-state index in [9.17, 15) is 9.59 Å². The Bertz CT molecular complexity index is 955. The average molecular weight is 428 g/mol. The molecule has 4 nitrogen and oxygen atoms in total. The molecule has 0 unspecified atom stereocenters. The summed E-state index contributed by atoms with van der Waals surface area (Å²) in [6.45, 7) is 0.979. The van der Waals surface area contributed by atoms with Crippen LogP contribution in [0, 0.1) is 0 Å². The lowest BCUT2D eigenvalue weighted by Gasteiger charge is -2.36. The quantitative estimate of drug-likeness (QED) is 0.441. The predicted octanol–water partition coefficient (Wildman–Crippen LogP) is 5.90. The topological polar surface area (TPSA) is 46.6 Å². The lowest BCUT2D eigenvalue weighted by molar-refractivity contribution is -0.114. The number of rotatable bonds is 7. The molecule has 1 fully saturated rings. The van der Waals surface area contributed by atoms with Crippen LogP contribution < -0.4 is 0 Å². The number of amides is 1. The van der Waals surface area contributed by atoms with Crippen LogP contribution in [0.25, 0.3) is 0 Å². The molecule has 0 spiro atoms. The Morgan fingerprint density at radius 3 is 1.75 bits per heavy atom. The van der Waals surface area contributed by atoms with Gasteiger partial charge in [-0.15, -0.1) is 0 Å². The third-order valence-corrected chi connectivity index (χ3v) is 6.36. The SMILES string of the molecule is O=CC1(c2ccccc2)CCC(OC(=O)N(Cc2ccccc2)Cc2ccccc2)CC1. The summed E-state index contributed by atoms with van der Waals surface area (Å²) in [7, 11) is 0. The highest BCUT2D eigenvalue weighted by atomic mass is 16.6. The van der Waals surface area contributed by atoms with Crippen molar-refractivity contribution in [3.05, 3.63) is 108 Å². The first-order chi connectivity index (χ1) is 15.7. The fourth-order valence-electron chi connectivity index (χ4n) is 4.48. The lowest BCUT2D eigenvalue weighted by atomic mass is 9.70. The zero-order valence-corrected chi connectivity index (χ0v) is 18.2. The summed E-state index contributed by atoms with van der Waals surface area (Å²) in [6.07, 6.45) is 3.35. The zero-order valence-electron chi connectivity index (χ0n) is 18.2. The minimum absolute atomic E-state index is 0.173. The highest BCUT2D eigenvalue weighted by Crippen LogP contribution is 2.39. The molecular weight excluding hydrogens is 398 g/mol. The van der Waals surface area contributed by atoms with Crippen molar-refractivity contribution < 1.29 is 14.3 Å². The van der Waals surface area contributed by atoms with E-state index in [1.54, 1.807) is 4.90 Å². The van der Waals surface area contributed by atoms with Gasteiger partial charge >= 0.3 is 6.09 Å². The van der Waals surface area contributed by atoms with E-state index in [0.29, 0.717) is 38.8 Å². The van der Waals surface area contributed by atoms with Crippen LogP contribution in [0.5, 0.6) is 0 Å². The summed E-state index contributed by atoms with van der Waals surface area (Å²) >= 11 is 0. The molecule has 0 aliphatic heterocycles. The summed E-state index contributed by atoms with van der Waals surface area (Å²) < 4.78 is 5.94. The van der Waals surface area contributed by atoms with Crippen molar-refractivity contribution in [3.63, 3.8) is 0 Å². The number of nitrogens with zero attached hydrogens (tertiary/aromatic N) is 1. The summed E-state index contributed by atoms with van der Waals surface area (Å²) in [5, 5.41) is 0. The molecule has 0 N–H and O–H groups in total. The highest BCUT2D eigenvalue weighted by molar-refractivity contribution is 5.70. The molecule has 0 aromatic heterocycles. The van der Waals surface area contributed by atoms with Crippen LogP contribution in [-0.2, 0) is 28.0 Å². The molecular formula is C28H29NO3. The maximum Gasteiger partial charge on any atom is 0.410 e. The van der Waals surface area contributed by atoms with Gasteiger partial charge in [-0.05, 0) is 42.4 Å². The van der Waals surface area contributed by atoms with Gasteiger partial charge in [0, 0.05) is 13.1 Å². The molecule has 0 heterocycles. The first-order valence-electron chi connectivity index (χ1n) is 11.2. The lowest BCUT2D eigenvalue weighted by Crippen LogP contribution is -2.39. The van der Waals surface area contributed by atoms with E-state index in [1.165, 1.54) is 0 Å². The van der Waals surface area contributed by atoms with Crippen molar-refractivity contribution in [3.8, 4) is 0 Å². The number of benzene rings is 3. The van der Waals surface area contributed by atoms with Crippen LogP contribution in [0.2, 0.25) is 0 Å². The van der Waals surface area contributed by atoms with Crippen LogP contribution in [0.15, 0.2) is 91.0 Å². The number of carbonyl (C=O) groups excluding carboxylic acids is 2. The van der Waals surface area contributed by atoms with E-state index >= 15 is 0 Å². The van der Waals surface area contributed by atoms with Gasteiger partial charge < -0.3 is 9.53 Å². The smallest absolute Gasteiger partial charge is 0.410 e. The molecule has 3 aromatic rings. The van der Waals surface area contributed by atoms with Gasteiger partial charge in [-0.1, -0.05) is 91.0 Å². The maximum absolute atomic E-state index is 13.2. The molecule has 32 heavy (non-hydrogen) atoms. The van der Waals surface area contributed by atoms with Gasteiger partial charge in [0.15, 0.2) is 0 Å². The number of aldehydes is 1. The Kier molecular flexibility index (Phi) is 7.00. The van der Waals surface area contributed by atoms with Crippen LogP contribution in [-0.4, -0.2) is 23.4 Å². The largest absolute Gasteiger partial charge is 0.446 e. The first kappa shape index (κ1) is 21.8. The molecule has 4 rings (SSSR count). The normalized spacial score (nSPS) is 20.3. The van der Waals surface area contributed by atoms with Gasteiger partial charge in [-0.25, -0.2) is 4.79 Å². The van der Waals surface area contributed by atoms with Gasteiger partial charge in [-0.3, -0.25) is 4.90 Å². The highest BCUT2D eigenvalue weighted by Gasteiger charge is 2.38. The second kappa shape index (κ2) is 10.3. The van der Waals surface area contributed by atoms with E-state index < -0.39 is 5.41 Å². The second-order valence-electron chi connectivity index (χ2n) is 8.55. The molecule has 1 saturated carbocycles. The van der Waals surface area contributed by atoms with E-state index in [4.69, 9.17) is 4.74 Å². The van der Waals surface area contributed by atoms with Crippen LogP contribution in [0.3, 0.4) is 0 Å². The molecule has 0 bridgehead atoms. The Morgan fingerprint density at radius 1 is 0.812 bits per heavy atom. The Hall–Kier alpha value is -3.40. The van der Waals surface area contributed by atoms with E-state index in [2.05, 4.69) is 0 Å². The molecule has 4 heteroatoms. The standard InChI is InChI=1S/C28H29NO3/c30-22-28(25-14-8-3-9-15-25)18-16-26(17-19-28)32-27(31)29(20-23-10-4-1-5-11-23)21-24-12-6-2-7-13-24/h1-15,22,26H,16-21H2. The summed E-state index contributed by atoms with van der Waals surface area (Å²) in [5.41, 5.74) is 2.70. The van der Waals surface area contributed by atoms with Crippen molar-refractivity contribution in [2.24, 2.45) is 0 Å².